The SMILES string of the molecule is CC(Oc1cc(Br)cnc1N(C(=O)OC(C)(C)C)C(=O)OC(C)(C)C)C1=CCCC=C1. The molecule has 0 saturated carbocycles. The lowest BCUT2D eigenvalue weighted by Crippen LogP contribution is -2.44. The molecule has 0 fully saturated rings. The lowest BCUT2D eigenvalue weighted by molar-refractivity contribution is 0.0426. The van der Waals surface area contributed by atoms with Crippen molar-refractivity contribution >= 4 is 33.9 Å². The standard InChI is InChI=1S/C23H31BrN2O5/c1-15(16-11-9-8-10-12-16)29-18-13-17(24)14-25-19(18)26(20(27)30-22(2,3)4)21(28)31-23(5,6)7/h9,11-15H,8,10H2,1-7H3. The van der Waals surface area contributed by atoms with E-state index in [1.807, 2.05) is 13.0 Å². The maximum absolute atomic E-state index is 13.0. The average molecular weight is 495 g/mol. The largest absolute Gasteiger partial charge is 0.482 e. The number of hydrogen-bond acceptors (Lipinski definition) is 6. The van der Waals surface area contributed by atoms with Gasteiger partial charge in [0.05, 0.1) is 0 Å². The van der Waals surface area contributed by atoms with E-state index in [2.05, 4.69) is 33.1 Å². The maximum Gasteiger partial charge on any atom is 0.425 e. The van der Waals surface area contributed by atoms with Gasteiger partial charge in [0.25, 0.3) is 0 Å². The van der Waals surface area contributed by atoms with Crippen molar-refractivity contribution in [2.75, 3.05) is 4.90 Å². The summed E-state index contributed by atoms with van der Waals surface area (Å²) in [6.07, 6.45) is 7.50. The first kappa shape index (κ1) is 24.9. The zero-order chi connectivity index (χ0) is 23.4. The van der Waals surface area contributed by atoms with Crippen molar-refractivity contribution < 1.29 is 23.8 Å². The molecular formula is C23H31BrN2O5. The molecule has 0 bridgehead atoms. The van der Waals surface area contributed by atoms with Crippen molar-refractivity contribution in [3.05, 3.63) is 40.5 Å². The summed E-state index contributed by atoms with van der Waals surface area (Å²) in [7, 11) is 0. The fraction of sp³-hybridized carbons (Fsp3) is 0.522. The van der Waals surface area contributed by atoms with Gasteiger partial charge in [-0.25, -0.2) is 14.6 Å². The number of halogens is 1. The molecule has 0 spiro atoms. The van der Waals surface area contributed by atoms with Gasteiger partial charge in [-0.15, -0.1) is 0 Å². The van der Waals surface area contributed by atoms with Gasteiger partial charge in [0.2, 0.25) is 0 Å². The van der Waals surface area contributed by atoms with Crippen LogP contribution in [0.5, 0.6) is 5.75 Å². The van der Waals surface area contributed by atoms with Crippen molar-refractivity contribution in [2.45, 2.75) is 78.6 Å². The summed E-state index contributed by atoms with van der Waals surface area (Å²) in [4.78, 5) is 31.0. The van der Waals surface area contributed by atoms with Gasteiger partial charge in [-0.1, -0.05) is 18.2 Å². The molecule has 170 valence electrons. The Labute approximate surface area is 192 Å². The number of ether oxygens (including phenoxy) is 3. The number of imide groups is 1. The number of allylic oxidation sites excluding steroid dienone is 2. The quantitative estimate of drug-likeness (QED) is 0.471. The lowest BCUT2D eigenvalue weighted by atomic mass is 10.0. The van der Waals surface area contributed by atoms with E-state index in [9.17, 15) is 9.59 Å². The van der Waals surface area contributed by atoms with Gasteiger partial charge in [-0.3, -0.25) is 0 Å². The molecule has 1 aromatic rings. The number of anilines is 1. The van der Waals surface area contributed by atoms with Crippen LogP contribution in [0.25, 0.3) is 0 Å². The monoisotopic (exact) mass is 494 g/mol. The molecule has 0 saturated heterocycles. The minimum absolute atomic E-state index is 0.000982. The van der Waals surface area contributed by atoms with E-state index >= 15 is 0 Å². The number of aromatic nitrogens is 1. The second kappa shape index (κ2) is 9.85. The predicted molar refractivity (Wildman–Crippen MR) is 123 cm³/mol. The minimum Gasteiger partial charge on any atom is -0.482 e. The smallest absolute Gasteiger partial charge is 0.425 e. The molecule has 1 atom stereocenters. The van der Waals surface area contributed by atoms with Crippen LogP contribution >= 0.6 is 15.9 Å². The van der Waals surface area contributed by atoms with Gasteiger partial charge in [0.1, 0.15) is 17.3 Å². The van der Waals surface area contributed by atoms with E-state index in [1.54, 1.807) is 47.6 Å². The molecule has 1 heterocycles. The molecule has 0 aromatic carbocycles. The molecule has 1 unspecified atom stereocenters. The first-order valence-corrected chi connectivity index (χ1v) is 11.0. The Balaban J connectivity index is 2.46. The van der Waals surface area contributed by atoms with Gasteiger partial charge in [-0.2, -0.15) is 4.90 Å². The van der Waals surface area contributed by atoms with E-state index in [0.29, 0.717) is 4.47 Å². The first-order valence-electron chi connectivity index (χ1n) is 10.2. The summed E-state index contributed by atoms with van der Waals surface area (Å²) in [6, 6.07) is 1.66. The number of carbonyl (C=O) groups is 2. The van der Waals surface area contributed by atoms with Gasteiger partial charge in [-0.05, 0) is 88.9 Å². The van der Waals surface area contributed by atoms with Crippen molar-refractivity contribution in [2.24, 2.45) is 0 Å². The normalized spacial score (nSPS) is 15.0. The van der Waals surface area contributed by atoms with Crippen LogP contribution in [0.4, 0.5) is 15.4 Å². The fourth-order valence-corrected chi connectivity index (χ4v) is 3.03. The summed E-state index contributed by atoms with van der Waals surface area (Å²) >= 11 is 3.38. The molecule has 1 aliphatic carbocycles. The van der Waals surface area contributed by atoms with Crippen molar-refractivity contribution in [3.63, 3.8) is 0 Å². The molecular weight excluding hydrogens is 464 g/mol. The van der Waals surface area contributed by atoms with Gasteiger partial charge in [0.15, 0.2) is 11.6 Å². The third kappa shape index (κ3) is 7.69. The van der Waals surface area contributed by atoms with Crippen LogP contribution in [-0.2, 0) is 9.47 Å². The van der Waals surface area contributed by atoms with Gasteiger partial charge in [0, 0.05) is 10.7 Å². The van der Waals surface area contributed by atoms with Crippen LogP contribution in [0.15, 0.2) is 40.5 Å². The Hall–Kier alpha value is -2.35. The van der Waals surface area contributed by atoms with Crippen molar-refractivity contribution in [1.82, 2.24) is 4.98 Å². The van der Waals surface area contributed by atoms with E-state index < -0.39 is 23.4 Å². The highest BCUT2D eigenvalue weighted by atomic mass is 79.9. The summed E-state index contributed by atoms with van der Waals surface area (Å²) in [6.45, 7) is 12.2. The Kier molecular flexibility index (Phi) is 7.92. The molecule has 0 radical (unpaired) electrons. The molecule has 0 aliphatic heterocycles. The van der Waals surface area contributed by atoms with Crippen LogP contribution in [0.2, 0.25) is 0 Å². The maximum atomic E-state index is 13.0. The second-order valence-electron chi connectivity index (χ2n) is 9.22. The average Bonchev–Trinajstić information content (AvgIpc) is 2.61. The molecule has 0 N–H and O–H groups in total. The van der Waals surface area contributed by atoms with E-state index in [4.69, 9.17) is 14.2 Å². The predicted octanol–water partition coefficient (Wildman–Crippen LogP) is 6.56. The number of pyridine rings is 1. The summed E-state index contributed by atoms with van der Waals surface area (Å²) in [5, 5.41) is 0. The molecule has 2 amide bonds. The van der Waals surface area contributed by atoms with Gasteiger partial charge >= 0.3 is 12.2 Å². The highest BCUT2D eigenvalue weighted by Crippen LogP contribution is 2.33. The van der Waals surface area contributed by atoms with Crippen LogP contribution in [0, 0.1) is 0 Å². The molecule has 8 heteroatoms. The number of hydrogen-bond donors (Lipinski definition) is 0. The van der Waals surface area contributed by atoms with E-state index in [0.717, 1.165) is 23.3 Å². The molecule has 7 nitrogen and oxygen atoms in total. The number of carbonyl (C=O) groups excluding carboxylic acids is 2. The van der Waals surface area contributed by atoms with E-state index in [1.165, 1.54) is 6.20 Å². The van der Waals surface area contributed by atoms with Crippen molar-refractivity contribution in [1.29, 1.82) is 0 Å². The summed E-state index contributed by atoms with van der Waals surface area (Å²) < 4.78 is 17.7. The molecule has 1 aromatic heterocycles. The number of nitrogens with zero attached hydrogens (tertiary/aromatic N) is 2. The van der Waals surface area contributed by atoms with Crippen LogP contribution in [0.3, 0.4) is 0 Å². The Bertz CT molecular complexity index is 853. The first-order chi connectivity index (χ1) is 14.3. The summed E-state index contributed by atoms with van der Waals surface area (Å²) in [5.41, 5.74) is -0.629. The zero-order valence-electron chi connectivity index (χ0n) is 19.2. The molecule has 2 rings (SSSR count). The molecule has 1 aliphatic rings. The number of rotatable bonds is 4. The fourth-order valence-electron chi connectivity index (χ4n) is 2.72. The Morgan fingerprint density at radius 2 is 1.65 bits per heavy atom. The van der Waals surface area contributed by atoms with Crippen molar-refractivity contribution in [3.8, 4) is 5.75 Å². The van der Waals surface area contributed by atoms with E-state index in [-0.39, 0.29) is 17.7 Å². The minimum atomic E-state index is -0.897. The third-order valence-corrected chi connectivity index (χ3v) is 4.39. The van der Waals surface area contributed by atoms with Crippen LogP contribution in [0.1, 0.15) is 61.3 Å². The Morgan fingerprint density at radius 3 is 2.13 bits per heavy atom. The summed E-state index contributed by atoms with van der Waals surface area (Å²) in [5.74, 6) is 0.248. The topological polar surface area (TPSA) is 78.0 Å². The highest BCUT2D eigenvalue weighted by molar-refractivity contribution is 9.10. The molecule has 31 heavy (non-hydrogen) atoms. The van der Waals surface area contributed by atoms with Gasteiger partial charge < -0.3 is 14.2 Å². The highest BCUT2D eigenvalue weighted by Gasteiger charge is 2.36. The number of amides is 2. The third-order valence-electron chi connectivity index (χ3n) is 3.96. The zero-order valence-corrected chi connectivity index (χ0v) is 20.8. The Morgan fingerprint density at radius 1 is 1.06 bits per heavy atom. The van der Waals surface area contributed by atoms with Crippen LogP contribution < -0.4 is 9.64 Å². The second-order valence-corrected chi connectivity index (χ2v) is 10.1. The van der Waals surface area contributed by atoms with Crippen LogP contribution in [-0.4, -0.2) is 34.5 Å². The lowest BCUT2D eigenvalue weighted by Gasteiger charge is -2.29.